The van der Waals surface area contributed by atoms with Crippen LogP contribution in [0.4, 0.5) is 0 Å². The highest BCUT2D eigenvalue weighted by molar-refractivity contribution is 7.15. The molecule has 3 aromatic heterocycles. The second-order valence-electron chi connectivity index (χ2n) is 9.35. The zero-order valence-corrected chi connectivity index (χ0v) is 22.5. The molecule has 9 heteroatoms. The van der Waals surface area contributed by atoms with Gasteiger partial charge in [0, 0.05) is 42.7 Å². The van der Waals surface area contributed by atoms with E-state index >= 15 is 0 Å². The summed E-state index contributed by atoms with van der Waals surface area (Å²) in [5.41, 5.74) is 7.10. The molecule has 190 valence electrons. The molecule has 1 aliphatic carbocycles. The van der Waals surface area contributed by atoms with Crippen molar-refractivity contribution < 1.29 is 14.3 Å². The second kappa shape index (κ2) is 9.89. The molecule has 0 spiro atoms. The van der Waals surface area contributed by atoms with Gasteiger partial charge in [0.2, 0.25) is 0 Å². The fourth-order valence-electron chi connectivity index (χ4n) is 4.57. The van der Waals surface area contributed by atoms with Crippen molar-refractivity contribution in [2.45, 2.75) is 40.0 Å². The van der Waals surface area contributed by atoms with E-state index in [0.717, 1.165) is 62.3 Å². The standard InChI is InChI=1S/C28H29N5O3S/c1-6-36-23-14-18(28(35)32(4)5)9-12-22(23)33-26-20(25(31-33)19-8-7-16(2)29-15-19)10-11-21-27(26)37-24(30-21)13-17(3)34/h7-9,12,14-15H,6,10-11,13H2,1-5H3. The van der Waals surface area contributed by atoms with Crippen LogP contribution in [0.15, 0.2) is 36.5 Å². The van der Waals surface area contributed by atoms with Gasteiger partial charge >= 0.3 is 0 Å². The summed E-state index contributed by atoms with van der Waals surface area (Å²) in [5, 5.41) is 5.91. The van der Waals surface area contributed by atoms with Crippen molar-refractivity contribution in [2.75, 3.05) is 20.7 Å². The molecule has 0 radical (unpaired) electrons. The summed E-state index contributed by atoms with van der Waals surface area (Å²) in [6.07, 6.45) is 3.73. The number of thiazole rings is 1. The number of carbonyl (C=O) groups is 2. The molecular weight excluding hydrogens is 486 g/mol. The number of fused-ring (bicyclic) bond motifs is 3. The van der Waals surface area contributed by atoms with E-state index < -0.39 is 0 Å². The first-order chi connectivity index (χ1) is 17.8. The van der Waals surface area contributed by atoms with Gasteiger partial charge in [0.05, 0.1) is 35.0 Å². The Balaban J connectivity index is 1.74. The summed E-state index contributed by atoms with van der Waals surface area (Å²) in [7, 11) is 3.46. The highest BCUT2D eigenvalue weighted by atomic mass is 32.1. The highest BCUT2D eigenvalue weighted by Crippen LogP contribution is 2.44. The van der Waals surface area contributed by atoms with E-state index in [2.05, 4.69) is 4.98 Å². The van der Waals surface area contributed by atoms with Crippen LogP contribution in [0, 0.1) is 6.92 Å². The summed E-state index contributed by atoms with van der Waals surface area (Å²) in [6, 6.07) is 9.50. The third-order valence-corrected chi connectivity index (χ3v) is 7.38. The predicted octanol–water partition coefficient (Wildman–Crippen LogP) is 4.70. The molecule has 4 aromatic rings. The summed E-state index contributed by atoms with van der Waals surface area (Å²) in [6.45, 7) is 5.91. The molecule has 0 atom stereocenters. The Hall–Kier alpha value is -3.85. The van der Waals surface area contributed by atoms with Crippen molar-refractivity contribution in [3.63, 3.8) is 0 Å². The van der Waals surface area contributed by atoms with Crippen LogP contribution in [0.5, 0.6) is 5.75 Å². The molecule has 0 unspecified atom stereocenters. The number of nitrogens with zero attached hydrogens (tertiary/aromatic N) is 5. The zero-order chi connectivity index (χ0) is 26.3. The smallest absolute Gasteiger partial charge is 0.253 e. The molecule has 1 amide bonds. The molecule has 0 saturated carbocycles. The van der Waals surface area contributed by atoms with Gasteiger partial charge in [-0.3, -0.25) is 14.6 Å². The number of carbonyl (C=O) groups excluding carboxylic acids is 2. The molecule has 0 aliphatic heterocycles. The van der Waals surface area contributed by atoms with Crippen LogP contribution in [-0.4, -0.2) is 57.0 Å². The van der Waals surface area contributed by atoms with Gasteiger partial charge in [0.15, 0.2) is 0 Å². The molecule has 5 rings (SSSR count). The third-order valence-electron chi connectivity index (χ3n) is 6.28. The van der Waals surface area contributed by atoms with Crippen molar-refractivity contribution in [1.29, 1.82) is 0 Å². The van der Waals surface area contributed by atoms with E-state index in [1.54, 1.807) is 49.4 Å². The Morgan fingerprint density at radius 2 is 1.97 bits per heavy atom. The highest BCUT2D eigenvalue weighted by Gasteiger charge is 2.31. The van der Waals surface area contributed by atoms with Crippen LogP contribution in [0.1, 0.15) is 46.2 Å². The monoisotopic (exact) mass is 515 g/mol. The second-order valence-corrected chi connectivity index (χ2v) is 10.4. The fraction of sp³-hybridized carbons (Fsp3) is 0.321. The van der Waals surface area contributed by atoms with Crippen LogP contribution in [-0.2, 0) is 24.1 Å². The Bertz CT molecular complexity index is 1500. The fourth-order valence-corrected chi connectivity index (χ4v) is 5.81. The number of Topliss-reactive ketones (excluding diaryl/α,β-unsaturated/α-hetero) is 1. The summed E-state index contributed by atoms with van der Waals surface area (Å²) in [4.78, 5) is 36.3. The summed E-state index contributed by atoms with van der Waals surface area (Å²) >= 11 is 1.55. The van der Waals surface area contributed by atoms with Crippen LogP contribution in [0.3, 0.4) is 0 Å². The molecule has 0 fully saturated rings. The van der Waals surface area contributed by atoms with Gasteiger partial charge in [-0.05, 0) is 63.9 Å². The van der Waals surface area contributed by atoms with Gasteiger partial charge in [0.1, 0.15) is 22.2 Å². The van der Waals surface area contributed by atoms with E-state index in [1.165, 1.54) is 0 Å². The minimum Gasteiger partial charge on any atom is -0.492 e. The third kappa shape index (κ3) is 4.67. The lowest BCUT2D eigenvalue weighted by atomic mass is 9.95. The first-order valence-corrected chi connectivity index (χ1v) is 13.1. The molecule has 0 bridgehead atoms. The number of aryl methyl sites for hydroxylation is 2. The molecule has 3 heterocycles. The molecule has 1 aromatic carbocycles. The molecular formula is C28H29N5O3S. The van der Waals surface area contributed by atoms with Crippen molar-refractivity contribution >= 4 is 23.0 Å². The number of aromatic nitrogens is 4. The van der Waals surface area contributed by atoms with E-state index in [9.17, 15) is 9.59 Å². The molecule has 8 nitrogen and oxygen atoms in total. The zero-order valence-electron chi connectivity index (χ0n) is 21.7. The Morgan fingerprint density at radius 1 is 1.16 bits per heavy atom. The van der Waals surface area contributed by atoms with E-state index in [1.807, 2.05) is 42.9 Å². The number of ketones is 1. The normalized spacial score (nSPS) is 12.1. The van der Waals surface area contributed by atoms with Crippen molar-refractivity contribution in [3.8, 4) is 33.3 Å². The lowest BCUT2D eigenvalue weighted by molar-refractivity contribution is -0.116. The topological polar surface area (TPSA) is 90.2 Å². The maximum absolute atomic E-state index is 12.7. The Kier molecular flexibility index (Phi) is 6.64. The summed E-state index contributed by atoms with van der Waals surface area (Å²) in [5.74, 6) is 0.570. The van der Waals surface area contributed by atoms with Crippen LogP contribution >= 0.6 is 11.3 Å². The maximum atomic E-state index is 12.7. The molecule has 1 aliphatic rings. The number of hydrogen-bond acceptors (Lipinski definition) is 7. The predicted molar refractivity (Wildman–Crippen MR) is 144 cm³/mol. The minimum absolute atomic E-state index is 0.0889. The van der Waals surface area contributed by atoms with Crippen molar-refractivity contribution in [3.05, 3.63) is 64.1 Å². The number of benzene rings is 1. The SMILES string of the molecule is CCOc1cc(C(=O)N(C)C)ccc1-n1nc(-c2ccc(C)nc2)c2c1-c1sc(CC(C)=O)nc1CC2. The Morgan fingerprint density at radius 3 is 2.65 bits per heavy atom. The lowest BCUT2D eigenvalue weighted by Crippen LogP contribution is -2.21. The van der Waals surface area contributed by atoms with E-state index in [4.69, 9.17) is 14.8 Å². The van der Waals surface area contributed by atoms with Gasteiger partial charge in [-0.15, -0.1) is 11.3 Å². The van der Waals surface area contributed by atoms with Gasteiger partial charge in [-0.25, -0.2) is 9.67 Å². The summed E-state index contributed by atoms with van der Waals surface area (Å²) < 4.78 is 7.94. The van der Waals surface area contributed by atoms with Crippen molar-refractivity contribution in [1.82, 2.24) is 24.6 Å². The van der Waals surface area contributed by atoms with Gasteiger partial charge in [-0.2, -0.15) is 5.10 Å². The molecule has 37 heavy (non-hydrogen) atoms. The van der Waals surface area contributed by atoms with Gasteiger partial charge < -0.3 is 9.64 Å². The van der Waals surface area contributed by atoms with Crippen LogP contribution in [0.25, 0.3) is 27.5 Å². The van der Waals surface area contributed by atoms with Crippen LogP contribution in [0.2, 0.25) is 0 Å². The largest absolute Gasteiger partial charge is 0.492 e. The quantitative estimate of drug-likeness (QED) is 0.355. The van der Waals surface area contributed by atoms with Crippen LogP contribution < -0.4 is 4.74 Å². The number of hydrogen-bond donors (Lipinski definition) is 0. The van der Waals surface area contributed by atoms with E-state index in [-0.39, 0.29) is 11.7 Å². The Labute approximate surface area is 219 Å². The first kappa shape index (κ1) is 24.8. The number of rotatable bonds is 7. The van der Waals surface area contributed by atoms with E-state index in [0.29, 0.717) is 24.3 Å². The maximum Gasteiger partial charge on any atom is 0.253 e. The number of ether oxygens (including phenoxy) is 1. The number of amides is 1. The van der Waals surface area contributed by atoms with Gasteiger partial charge in [-0.1, -0.05) is 0 Å². The lowest BCUT2D eigenvalue weighted by Gasteiger charge is -2.17. The average Bonchev–Trinajstić information content (AvgIpc) is 3.44. The molecule has 0 N–H and O–H groups in total. The minimum atomic E-state index is -0.0972. The van der Waals surface area contributed by atoms with Gasteiger partial charge in [0.25, 0.3) is 5.91 Å². The average molecular weight is 516 g/mol. The van der Waals surface area contributed by atoms with Crippen molar-refractivity contribution in [2.24, 2.45) is 0 Å². The molecule has 0 saturated heterocycles. The first-order valence-electron chi connectivity index (χ1n) is 12.3. The number of pyridine rings is 1.